The fraction of sp³-hybridized carbons (Fsp3) is 0.300. The summed E-state index contributed by atoms with van der Waals surface area (Å²) >= 11 is 1.34. The summed E-state index contributed by atoms with van der Waals surface area (Å²) in [4.78, 5) is 29.1. The molecule has 1 atom stereocenters. The average Bonchev–Trinajstić information content (AvgIpc) is 2.97. The van der Waals surface area contributed by atoms with Gasteiger partial charge in [-0.2, -0.15) is 0 Å². The number of benzene rings is 2. The topological polar surface area (TPSA) is 49.9 Å². The van der Waals surface area contributed by atoms with E-state index in [-0.39, 0.29) is 23.9 Å². The molecule has 2 aliphatic rings. The van der Waals surface area contributed by atoms with Gasteiger partial charge in [-0.15, -0.1) is 11.8 Å². The van der Waals surface area contributed by atoms with Gasteiger partial charge in [-0.05, 0) is 36.4 Å². The number of anilines is 2. The third kappa shape index (κ3) is 3.70. The predicted octanol–water partition coefficient (Wildman–Crippen LogP) is 3.09. The van der Waals surface area contributed by atoms with E-state index in [9.17, 15) is 14.0 Å². The zero-order chi connectivity index (χ0) is 18.8. The lowest BCUT2D eigenvalue weighted by molar-refractivity contribution is -0.121. The highest BCUT2D eigenvalue weighted by Crippen LogP contribution is 2.35. The molecule has 2 aromatic carbocycles. The highest BCUT2D eigenvalue weighted by atomic mass is 32.2. The molecule has 2 saturated heterocycles. The fourth-order valence-electron chi connectivity index (χ4n) is 3.30. The van der Waals surface area contributed by atoms with E-state index in [4.69, 9.17) is 4.74 Å². The molecular formula is C20H19FN2O3S. The number of hydrogen-bond donors (Lipinski definition) is 0. The Labute approximate surface area is 161 Å². The van der Waals surface area contributed by atoms with Crippen LogP contribution in [-0.4, -0.2) is 43.4 Å². The van der Waals surface area contributed by atoms with Crippen molar-refractivity contribution < 1.29 is 18.7 Å². The first-order valence-corrected chi connectivity index (χ1v) is 9.72. The van der Waals surface area contributed by atoms with Crippen LogP contribution in [-0.2, 0) is 14.3 Å². The van der Waals surface area contributed by atoms with Crippen molar-refractivity contribution in [3.63, 3.8) is 0 Å². The quantitative estimate of drug-likeness (QED) is 0.756. The summed E-state index contributed by atoms with van der Waals surface area (Å²) in [6.07, 6.45) is 0.0725. The highest BCUT2D eigenvalue weighted by molar-refractivity contribution is 8.00. The number of halogens is 1. The maximum absolute atomic E-state index is 14.0. The van der Waals surface area contributed by atoms with Gasteiger partial charge in [0.2, 0.25) is 11.8 Å². The van der Waals surface area contributed by atoms with E-state index in [0.717, 1.165) is 41.8 Å². The Bertz CT molecular complexity index is 853. The van der Waals surface area contributed by atoms with Crippen LogP contribution < -0.4 is 9.80 Å². The molecule has 0 unspecified atom stereocenters. The summed E-state index contributed by atoms with van der Waals surface area (Å²) in [6, 6.07) is 13.8. The molecule has 0 bridgehead atoms. The monoisotopic (exact) mass is 386 g/mol. The second kappa shape index (κ2) is 7.70. The van der Waals surface area contributed by atoms with Crippen LogP contribution in [0.25, 0.3) is 0 Å². The van der Waals surface area contributed by atoms with Crippen LogP contribution in [0.4, 0.5) is 15.8 Å². The Morgan fingerprint density at radius 2 is 1.70 bits per heavy atom. The van der Waals surface area contributed by atoms with E-state index < -0.39 is 11.1 Å². The van der Waals surface area contributed by atoms with Crippen molar-refractivity contribution in [1.82, 2.24) is 0 Å². The molecule has 2 amide bonds. The SMILES string of the molecule is O=C1C[C@@H](Sc2ccc(N3CCOCC3)cc2)C(=O)N1c1ccccc1F. The van der Waals surface area contributed by atoms with E-state index in [0.29, 0.717) is 0 Å². The van der Waals surface area contributed by atoms with Crippen molar-refractivity contribution in [3.05, 3.63) is 54.3 Å². The minimum Gasteiger partial charge on any atom is -0.378 e. The number of morpholine rings is 1. The van der Waals surface area contributed by atoms with Gasteiger partial charge >= 0.3 is 0 Å². The maximum atomic E-state index is 14.0. The van der Waals surface area contributed by atoms with Crippen LogP contribution in [0.3, 0.4) is 0 Å². The zero-order valence-corrected chi connectivity index (χ0v) is 15.5. The van der Waals surface area contributed by atoms with Crippen LogP contribution in [0.2, 0.25) is 0 Å². The Hall–Kier alpha value is -2.38. The van der Waals surface area contributed by atoms with Crippen LogP contribution >= 0.6 is 11.8 Å². The Kier molecular flexibility index (Phi) is 5.13. The van der Waals surface area contributed by atoms with Crippen molar-refractivity contribution >= 4 is 35.0 Å². The summed E-state index contributed by atoms with van der Waals surface area (Å²) in [6.45, 7) is 3.17. The first kappa shape index (κ1) is 18.0. The van der Waals surface area contributed by atoms with Gasteiger partial charge in [-0.1, -0.05) is 12.1 Å². The van der Waals surface area contributed by atoms with Crippen molar-refractivity contribution in [3.8, 4) is 0 Å². The summed E-state index contributed by atoms with van der Waals surface area (Å²) in [5.74, 6) is -1.31. The number of carbonyl (C=O) groups excluding carboxylic acids is 2. The van der Waals surface area contributed by atoms with E-state index >= 15 is 0 Å². The molecule has 0 N–H and O–H groups in total. The Morgan fingerprint density at radius 3 is 2.41 bits per heavy atom. The van der Waals surface area contributed by atoms with Crippen LogP contribution in [0.15, 0.2) is 53.4 Å². The molecule has 2 heterocycles. The number of rotatable bonds is 4. The van der Waals surface area contributed by atoms with Crippen molar-refractivity contribution in [2.24, 2.45) is 0 Å². The molecule has 0 aromatic heterocycles. The van der Waals surface area contributed by atoms with E-state index in [2.05, 4.69) is 4.90 Å². The minimum atomic E-state index is -0.570. The predicted molar refractivity (Wildman–Crippen MR) is 103 cm³/mol. The van der Waals surface area contributed by atoms with Gasteiger partial charge in [-0.25, -0.2) is 9.29 Å². The molecule has 0 radical (unpaired) electrons. The summed E-state index contributed by atoms with van der Waals surface area (Å²) in [7, 11) is 0. The lowest BCUT2D eigenvalue weighted by Gasteiger charge is -2.28. The van der Waals surface area contributed by atoms with Crippen molar-refractivity contribution in [2.45, 2.75) is 16.6 Å². The second-order valence-electron chi connectivity index (χ2n) is 6.42. The molecular weight excluding hydrogens is 367 g/mol. The third-order valence-electron chi connectivity index (χ3n) is 4.69. The van der Waals surface area contributed by atoms with Gasteiger partial charge < -0.3 is 9.64 Å². The van der Waals surface area contributed by atoms with Gasteiger partial charge in [0.25, 0.3) is 0 Å². The Morgan fingerprint density at radius 1 is 1.00 bits per heavy atom. The molecule has 2 aromatic rings. The molecule has 0 aliphatic carbocycles. The smallest absolute Gasteiger partial charge is 0.247 e. The number of nitrogens with zero attached hydrogens (tertiary/aromatic N) is 2. The van der Waals surface area contributed by atoms with E-state index in [1.165, 1.54) is 30.0 Å². The average molecular weight is 386 g/mol. The van der Waals surface area contributed by atoms with E-state index in [1.54, 1.807) is 6.07 Å². The van der Waals surface area contributed by atoms with Crippen LogP contribution in [0, 0.1) is 5.82 Å². The number of para-hydroxylation sites is 1. The molecule has 0 spiro atoms. The van der Waals surface area contributed by atoms with Gasteiger partial charge in [0, 0.05) is 30.1 Å². The number of carbonyl (C=O) groups is 2. The maximum Gasteiger partial charge on any atom is 0.247 e. The normalized spacial score (nSPS) is 20.4. The van der Waals surface area contributed by atoms with E-state index in [1.807, 2.05) is 24.3 Å². The molecule has 0 saturated carbocycles. The van der Waals surface area contributed by atoms with Gasteiger partial charge in [0.15, 0.2) is 0 Å². The Balaban J connectivity index is 1.46. The molecule has 27 heavy (non-hydrogen) atoms. The lowest BCUT2D eigenvalue weighted by atomic mass is 10.2. The first-order chi connectivity index (χ1) is 13.1. The third-order valence-corrected chi connectivity index (χ3v) is 5.89. The number of imide groups is 1. The number of amides is 2. The van der Waals surface area contributed by atoms with Gasteiger partial charge in [0.05, 0.1) is 24.2 Å². The summed E-state index contributed by atoms with van der Waals surface area (Å²) in [5, 5.41) is -0.536. The first-order valence-electron chi connectivity index (χ1n) is 8.84. The number of hydrogen-bond acceptors (Lipinski definition) is 5. The van der Waals surface area contributed by atoms with Crippen molar-refractivity contribution in [1.29, 1.82) is 0 Å². The molecule has 4 rings (SSSR count). The molecule has 140 valence electrons. The summed E-state index contributed by atoms with van der Waals surface area (Å²) < 4.78 is 19.4. The van der Waals surface area contributed by atoms with Crippen LogP contribution in [0.1, 0.15) is 6.42 Å². The van der Waals surface area contributed by atoms with Gasteiger partial charge in [0.1, 0.15) is 5.82 Å². The zero-order valence-electron chi connectivity index (χ0n) is 14.6. The lowest BCUT2D eigenvalue weighted by Crippen LogP contribution is -2.36. The number of ether oxygens (including phenoxy) is 1. The largest absolute Gasteiger partial charge is 0.378 e. The molecule has 7 heteroatoms. The summed E-state index contributed by atoms with van der Waals surface area (Å²) in [5.41, 5.74) is 1.14. The molecule has 2 fully saturated rings. The highest BCUT2D eigenvalue weighted by Gasteiger charge is 2.41. The molecule has 2 aliphatic heterocycles. The minimum absolute atomic E-state index is 0.0262. The number of thioether (sulfide) groups is 1. The van der Waals surface area contributed by atoms with Crippen molar-refractivity contribution in [2.75, 3.05) is 36.1 Å². The molecule has 5 nitrogen and oxygen atoms in total. The standard InChI is InChI=1S/C20H19FN2O3S/c21-16-3-1-2-4-17(16)23-19(24)13-18(20(23)25)27-15-7-5-14(6-8-15)22-9-11-26-12-10-22/h1-8,18H,9-13H2/t18-/m1/s1. The fourth-order valence-corrected chi connectivity index (χ4v) is 4.36. The van der Waals surface area contributed by atoms with Gasteiger partial charge in [-0.3, -0.25) is 9.59 Å². The van der Waals surface area contributed by atoms with Crippen LogP contribution in [0.5, 0.6) is 0 Å². The second-order valence-corrected chi connectivity index (χ2v) is 7.70.